The molecule has 6 nitrogen and oxygen atoms in total. The Morgan fingerprint density at radius 1 is 1.35 bits per heavy atom. The van der Waals surface area contributed by atoms with Crippen molar-refractivity contribution in [3.05, 3.63) is 0 Å². The number of urea groups is 1. The van der Waals surface area contributed by atoms with Crippen molar-refractivity contribution in [3.8, 4) is 0 Å². The maximum Gasteiger partial charge on any atom is 0.326 e. The normalized spacial score (nSPS) is 30.2. The molecular weight excluding hydrogens is 260 g/mol. The van der Waals surface area contributed by atoms with E-state index in [2.05, 4.69) is 12.2 Å². The summed E-state index contributed by atoms with van der Waals surface area (Å²) >= 11 is 0. The molecule has 6 heteroatoms. The number of ether oxygens (including phenoxy) is 1. The second kappa shape index (κ2) is 6.92. The Morgan fingerprint density at radius 2 is 2.15 bits per heavy atom. The Morgan fingerprint density at radius 3 is 2.75 bits per heavy atom. The molecule has 0 spiro atoms. The van der Waals surface area contributed by atoms with E-state index in [1.54, 1.807) is 0 Å². The summed E-state index contributed by atoms with van der Waals surface area (Å²) in [5.74, 6) is -0.138. The summed E-state index contributed by atoms with van der Waals surface area (Å²) in [6.45, 7) is 4.60. The zero-order chi connectivity index (χ0) is 14.5. The third kappa shape index (κ3) is 3.62. The predicted molar refractivity (Wildman–Crippen MR) is 73.5 cm³/mol. The molecule has 0 bridgehead atoms. The van der Waals surface area contributed by atoms with Crippen LogP contribution in [0.25, 0.3) is 0 Å². The molecule has 2 rings (SSSR count). The first-order valence-electron chi connectivity index (χ1n) is 7.46. The smallest absolute Gasteiger partial charge is 0.326 e. The lowest BCUT2D eigenvalue weighted by molar-refractivity contribution is -0.144. The number of carboxylic acid groups (broad SMARTS) is 1. The number of hydrogen-bond donors (Lipinski definition) is 2. The van der Waals surface area contributed by atoms with Gasteiger partial charge in [0.05, 0.1) is 6.61 Å². The molecule has 114 valence electrons. The van der Waals surface area contributed by atoms with Gasteiger partial charge in [0.15, 0.2) is 0 Å². The summed E-state index contributed by atoms with van der Waals surface area (Å²) < 4.78 is 5.26. The highest BCUT2D eigenvalue weighted by Gasteiger charge is 2.35. The fourth-order valence-electron chi connectivity index (χ4n) is 2.96. The van der Waals surface area contributed by atoms with Gasteiger partial charge in [0, 0.05) is 25.6 Å². The largest absolute Gasteiger partial charge is 0.480 e. The molecule has 0 saturated carbocycles. The maximum atomic E-state index is 12.2. The van der Waals surface area contributed by atoms with Crippen LogP contribution in [0.4, 0.5) is 4.79 Å². The second-order valence-electron chi connectivity index (χ2n) is 5.76. The number of hydrogen-bond acceptors (Lipinski definition) is 3. The molecule has 20 heavy (non-hydrogen) atoms. The van der Waals surface area contributed by atoms with E-state index in [1.165, 1.54) is 4.90 Å². The van der Waals surface area contributed by atoms with Gasteiger partial charge < -0.3 is 20.1 Å². The molecule has 3 atom stereocenters. The van der Waals surface area contributed by atoms with Crippen LogP contribution in [0.3, 0.4) is 0 Å². The lowest BCUT2D eigenvalue weighted by Gasteiger charge is -2.37. The molecule has 2 heterocycles. The van der Waals surface area contributed by atoms with Gasteiger partial charge in [0.25, 0.3) is 0 Å². The van der Waals surface area contributed by atoms with E-state index in [0.29, 0.717) is 38.0 Å². The molecule has 0 aromatic rings. The number of nitrogens with zero attached hydrogens (tertiary/aromatic N) is 1. The SMILES string of the molecule is CCC1CCN(C(=O)NCC2CCOC2)C(C(=O)O)C1. The van der Waals surface area contributed by atoms with Gasteiger partial charge in [-0.3, -0.25) is 0 Å². The molecule has 0 radical (unpaired) electrons. The van der Waals surface area contributed by atoms with E-state index >= 15 is 0 Å². The number of carbonyl (C=O) groups excluding carboxylic acids is 1. The lowest BCUT2D eigenvalue weighted by Crippen LogP contribution is -2.54. The monoisotopic (exact) mass is 284 g/mol. The second-order valence-corrected chi connectivity index (χ2v) is 5.76. The maximum absolute atomic E-state index is 12.2. The number of amides is 2. The Kier molecular flexibility index (Phi) is 5.23. The van der Waals surface area contributed by atoms with E-state index in [-0.39, 0.29) is 6.03 Å². The number of carbonyl (C=O) groups is 2. The van der Waals surface area contributed by atoms with Crippen molar-refractivity contribution in [1.82, 2.24) is 10.2 Å². The molecule has 0 aliphatic carbocycles. The van der Waals surface area contributed by atoms with Gasteiger partial charge in [0.2, 0.25) is 0 Å². The zero-order valence-electron chi connectivity index (χ0n) is 12.0. The van der Waals surface area contributed by atoms with Crippen molar-refractivity contribution >= 4 is 12.0 Å². The highest BCUT2D eigenvalue weighted by Crippen LogP contribution is 2.25. The standard InChI is InChI=1S/C14H24N2O4/c1-2-10-3-5-16(12(7-10)13(17)18)14(19)15-8-11-4-6-20-9-11/h10-12H,2-9H2,1H3,(H,15,19)(H,17,18). The van der Waals surface area contributed by atoms with Crippen LogP contribution in [-0.4, -0.2) is 54.4 Å². The van der Waals surface area contributed by atoms with Crippen LogP contribution in [-0.2, 0) is 9.53 Å². The average Bonchev–Trinajstić information content (AvgIpc) is 2.97. The first kappa shape index (κ1) is 15.1. The van der Waals surface area contributed by atoms with E-state index in [0.717, 1.165) is 25.9 Å². The van der Waals surface area contributed by atoms with Crippen LogP contribution in [0, 0.1) is 11.8 Å². The van der Waals surface area contributed by atoms with Crippen LogP contribution in [0.15, 0.2) is 0 Å². The predicted octanol–water partition coefficient (Wildman–Crippen LogP) is 1.31. The number of aliphatic carboxylic acids is 1. The minimum Gasteiger partial charge on any atom is -0.480 e. The quantitative estimate of drug-likeness (QED) is 0.816. The van der Waals surface area contributed by atoms with E-state index in [9.17, 15) is 14.7 Å². The lowest BCUT2D eigenvalue weighted by atomic mass is 9.89. The third-order valence-corrected chi connectivity index (χ3v) is 4.40. The van der Waals surface area contributed by atoms with Gasteiger partial charge in [-0.2, -0.15) is 0 Å². The summed E-state index contributed by atoms with van der Waals surface area (Å²) in [6, 6.07) is -0.938. The third-order valence-electron chi connectivity index (χ3n) is 4.40. The number of piperidine rings is 1. The van der Waals surface area contributed by atoms with Crippen LogP contribution in [0.2, 0.25) is 0 Å². The highest BCUT2D eigenvalue weighted by atomic mass is 16.5. The minimum absolute atomic E-state index is 0.251. The number of rotatable bonds is 4. The average molecular weight is 284 g/mol. The number of nitrogens with one attached hydrogen (secondary N) is 1. The summed E-state index contributed by atoms with van der Waals surface area (Å²) in [7, 11) is 0. The van der Waals surface area contributed by atoms with Gasteiger partial charge in [-0.05, 0) is 25.2 Å². The molecule has 0 aromatic carbocycles. The highest BCUT2D eigenvalue weighted by molar-refractivity contribution is 5.82. The molecule has 2 fully saturated rings. The van der Waals surface area contributed by atoms with Gasteiger partial charge in [-0.25, -0.2) is 9.59 Å². The van der Waals surface area contributed by atoms with Gasteiger partial charge >= 0.3 is 12.0 Å². The minimum atomic E-state index is -0.900. The molecule has 2 amide bonds. The number of likely N-dealkylation sites (tertiary alicyclic amines) is 1. The van der Waals surface area contributed by atoms with Crippen molar-refractivity contribution < 1.29 is 19.4 Å². The fourth-order valence-corrected chi connectivity index (χ4v) is 2.96. The van der Waals surface area contributed by atoms with Crippen LogP contribution >= 0.6 is 0 Å². The summed E-state index contributed by atoms with van der Waals surface area (Å²) in [4.78, 5) is 25.0. The Hall–Kier alpha value is -1.30. The Labute approximate surface area is 119 Å². The molecule has 2 aliphatic heterocycles. The first-order valence-corrected chi connectivity index (χ1v) is 7.46. The van der Waals surface area contributed by atoms with Gasteiger partial charge in [-0.15, -0.1) is 0 Å². The fraction of sp³-hybridized carbons (Fsp3) is 0.857. The van der Waals surface area contributed by atoms with Crippen LogP contribution < -0.4 is 5.32 Å². The zero-order valence-corrected chi connectivity index (χ0v) is 12.0. The van der Waals surface area contributed by atoms with E-state index in [1.807, 2.05) is 0 Å². The summed E-state index contributed by atoms with van der Waals surface area (Å²) in [6.07, 6.45) is 3.38. The van der Waals surface area contributed by atoms with E-state index in [4.69, 9.17) is 4.74 Å². The van der Waals surface area contributed by atoms with Crippen molar-refractivity contribution in [2.45, 2.75) is 38.6 Å². The number of carboxylic acids is 1. The van der Waals surface area contributed by atoms with Crippen LogP contribution in [0.5, 0.6) is 0 Å². The van der Waals surface area contributed by atoms with Gasteiger partial charge in [0.1, 0.15) is 6.04 Å². The van der Waals surface area contributed by atoms with Crippen molar-refractivity contribution in [2.24, 2.45) is 11.8 Å². The first-order chi connectivity index (χ1) is 9.61. The molecule has 3 unspecified atom stereocenters. The van der Waals surface area contributed by atoms with Crippen LogP contribution in [0.1, 0.15) is 32.6 Å². The summed E-state index contributed by atoms with van der Waals surface area (Å²) in [5.41, 5.74) is 0. The molecule has 2 N–H and O–H groups in total. The molecular formula is C14H24N2O4. The van der Waals surface area contributed by atoms with Gasteiger partial charge in [-0.1, -0.05) is 13.3 Å². The molecule has 2 saturated heterocycles. The van der Waals surface area contributed by atoms with E-state index < -0.39 is 12.0 Å². The Balaban J connectivity index is 1.87. The molecule has 0 aromatic heterocycles. The summed E-state index contributed by atoms with van der Waals surface area (Å²) in [5, 5.41) is 12.2. The van der Waals surface area contributed by atoms with Crippen molar-refractivity contribution in [3.63, 3.8) is 0 Å². The Bertz CT molecular complexity index is 355. The van der Waals surface area contributed by atoms with Crippen molar-refractivity contribution in [2.75, 3.05) is 26.3 Å². The molecule has 2 aliphatic rings. The topological polar surface area (TPSA) is 78.9 Å². The van der Waals surface area contributed by atoms with Crippen molar-refractivity contribution in [1.29, 1.82) is 0 Å².